The molecule has 0 saturated heterocycles. The summed E-state index contributed by atoms with van der Waals surface area (Å²) < 4.78 is 0. The molecule has 1 aliphatic heterocycles. The summed E-state index contributed by atoms with van der Waals surface area (Å²) in [6.07, 6.45) is 1.97. The minimum absolute atomic E-state index is 0.000519. The summed E-state index contributed by atoms with van der Waals surface area (Å²) in [7, 11) is 0. The number of nitrogens with zero attached hydrogens (tertiary/aromatic N) is 2. The van der Waals surface area contributed by atoms with E-state index >= 15 is 0 Å². The van der Waals surface area contributed by atoms with E-state index in [1.165, 1.54) is 0 Å². The number of carboxylic acids is 1. The first-order chi connectivity index (χ1) is 17.6. The lowest BCUT2D eigenvalue weighted by Gasteiger charge is -2.04. The largest absolute Gasteiger partial charge is 0.481 e. The molecule has 0 atom stereocenters. The molecule has 0 aromatic carbocycles. The van der Waals surface area contributed by atoms with Crippen LogP contribution >= 0.6 is 0 Å². The molecule has 7 nitrogen and oxygen atoms in total. The number of aromatic nitrogens is 4. The second kappa shape index (κ2) is 10.8. The highest BCUT2D eigenvalue weighted by Gasteiger charge is 2.18. The van der Waals surface area contributed by atoms with Crippen molar-refractivity contribution in [3.8, 4) is 0 Å². The maximum absolute atomic E-state index is 11.4. The molecule has 4 heterocycles. The fourth-order valence-electron chi connectivity index (χ4n) is 4.46. The van der Waals surface area contributed by atoms with E-state index in [0.717, 1.165) is 61.9 Å². The smallest absolute Gasteiger partial charge is 0.303 e. The Balaban J connectivity index is 2.12. The summed E-state index contributed by atoms with van der Waals surface area (Å²) in [4.78, 5) is 39.3. The van der Waals surface area contributed by atoms with Gasteiger partial charge in [-0.3, -0.25) is 9.78 Å². The van der Waals surface area contributed by atoms with Crippen molar-refractivity contribution in [2.45, 2.75) is 53.4 Å². The van der Waals surface area contributed by atoms with Crippen LogP contribution in [-0.4, -0.2) is 37.3 Å². The summed E-state index contributed by atoms with van der Waals surface area (Å²) in [5, 5.41) is 9.33. The van der Waals surface area contributed by atoms with Crippen molar-refractivity contribution in [2.24, 2.45) is 0 Å². The van der Waals surface area contributed by atoms with Crippen LogP contribution in [0.4, 0.5) is 0 Å². The van der Waals surface area contributed by atoms with Gasteiger partial charge in [0, 0.05) is 40.6 Å². The Kier molecular flexibility index (Phi) is 7.53. The number of carbonyl (C=O) groups is 2. The number of allylic oxidation sites excluding steroid dienone is 3. The minimum atomic E-state index is -0.863. The molecule has 1 aliphatic rings. The van der Waals surface area contributed by atoms with Crippen molar-refractivity contribution in [1.82, 2.24) is 19.9 Å². The molecule has 0 amide bonds. The van der Waals surface area contributed by atoms with Gasteiger partial charge in [0.15, 0.2) is 0 Å². The Morgan fingerprint density at radius 3 is 2.19 bits per heavy atom. The van der Waals surface area contributed by atoms with Gasteiger partial charge in [0.2, 0.25) is 0 Å². The van der Waals surface area contributed by atoms with Gasteiger partial charge in [-0.1, -0.05) is 6.58 Å². The number of aliphatic carboxylic acids is 1. The molecule has 0 fully saturated rings. The number of nitrogens with one attached hydrogen (secondary N) is 2. The van der Waals surface area contributed by atoms with Crippen molar-refractivity contribution in [2.75, 3.05) is 0 Å². The van der Waals surface area contributed by atoms with Gasteiger partial charge in [0.1, 0.15) is 6.29 Å². The first-order valence-corrected chi connectivity index (χ1v) is 12.3. The summed E-state index contributed by atoms with van der Waals surface area (Å²) in [6, 6.07) is 12.1. The average Bonchev–Trinajstić information content (AvgIpc) is 3.44. The Labute approximate surface area is 216 Å². The molecule has 0 radical (unpaired) electrons. The Hall–Kier alpha value is -4.26. The van der Waals surface area contributed by atoms with Crippen LogP contribution in [-0.2, 0) is 16.0 Å². The molecule has 6 bridgehead atoms. The molecule has 7 heteroatoms. The van der Waals surface area contributed by atoms with Crippen LogP contribution in [0, 0.1) is 13.8 Å². The van der Waals surface area contributed by atoms with Crippen LogP contribution in [0.15, 0.2) is 43.0 Å². The third kappa shape index (κ3) is 5.94. The summed E-state index contributed by atoms with van der Waals surface area (Å²) >= 11 is 0. The predicted octanol–water partition coefficient (Wildman–Crippen LogP) is 6.58. The summed E-state index contributed by atoms with van der Waals surface area (Å²) in [5.74, 6) is -0.863. The van der Waals surface area contributed by atoms with E-state index in [9.17, 15) is 14.7 Å². The first kappa shape index (κ1) is 25.8. The van der Waals surface area contributed by atoms with Gasteiger partial charge in [-0.05, 0) is 105 Å². The molecule has 3 aromatic rings. The third-order valence-corrected chi connectivity index (χ3v) is 6.52. The number of H-pyrrole nitrogens is 2. The summed E-state index contributed by atoms with van der Waals surface area (Å²) in [5.41, 5.74) is 11.4. The zero-order valence-electron chi connectivity index (χ0n) is 21.7. The second-order valence-corrected chi connectivity index (χ2v) is 9.57. The van der Waals surface area contributed by atoms with Gasteiger partial charge in [0.05, 0.1) is 17.1 Å². The maximum atomic E-state index is 11.4. The van der Waals surface area contributed by atoms with Crippen molar-refractivity contribution >= 4 is 51.0 Å². The highest BCUT2D eigenvalue weighted by molar-refractivity contribution is 5.92. The van der Waals surface area contributed by atoms with E-state index in [1.54, 1.807) is 0 Å². The quantitative estimate of drug-likeness (QED) is 0.320. The Bertz CT molecular complexity index is 1590. The molecule has 0 saturated carbocycles. The average molecular weight is 497 g/mol. The van der Waals surface area contributed by atoms with Crippen LogP contribution in [0.1, 0.15) is 67.0 Å². The molecular weight excluding hydrogens is 464 g/mol. The van der Waals surface area contributed by atoms with Crippen molar-refractivity contribution in [1.29, 1.82) is 0 Å². The van der Waals surface area contributed by atoms with Gasteiger partial charge in [-0.2, -0.15) is 0 Å². The van der Waals surface area contributed by atoms with Crippen molar-refractivity contribution < 1.29 is 14.7 Å². The Morgan fingerprint density at radius 2 is 1.57 bits per heavy atom. The van der Waals surface area contributed by atoms with E-state index in [2.05, 4.69) is 41.7 Å². The molecular formula is C30H32N4O3. The maximum Gasteiger partial charge on any atom is 0.303 e. The van der Waals surface area contributed by atoms with E-state index in [1.807, 2.05) is 39.0 Å². The molecule has 0 unspecified atom stereocenters. The van der Waals surface area contributed by atoms with Crippen LogP contribution in [0.5, 0.6) is 0 Å². The van der Waals surface area contributed by atoms with Gasteiger partial charge < -0.3 is 19.9 Å². The van der Waals surface area contributed by atoms with E-state index in [-0.39, 0.29) is 6.42 Å². The van der Waals surface area contributed by atoms with E-state index in [0.29, 0.717) is 36.3 Å². The van der Waals surface area contributed by atoms with Crippen molar-refractivity contribution in [3.63, 3.8) is 0 Å². The fraction of sp³-hybridized carbons (Fsp3) is 0.267. The molecule has 37 heavy (non-hydrogen) atoms. The molecule has 190 valence electrons. The lowest BCUT2D eigenvalue weighted by Crippen LogP contribution is -1.97. The normalized spacial score (nSPS) is 12.0. The summed E-state index contributed by atoms with van der Waals surface area (Å²) in [6.45, 7) is 12.1. The first-order valence-electron chi connectivity index (χ1n) is 12.3. The number of aryl methyl sites for hydroxylation is 3. The molecule has 3 aromatic heterocycles. The number of hydrogen-bond donors (Lipinski definition) is 3. The third-order valence-electron chi connectivity index (χ3n) is 6.52. The predicted molar refractivity (Wildman–Crippen MR) is 149 cm³/mol. The Morgan fingerprint density at radius 1 is 0.919 bits per heavy atom. The SMILES string of the molecule is C=C(C)c1cc2[nH]c(cc2C)cc2[nH]c(cc3nc(cc(CCC=O)n1)C(CCC(=O)O)=C3C)cc2C. The van der Waals surface area contributed by atoms with Crippen LogP contribution in [0.2, 0.25) is 0 Å². The van der Waals surface area contributed by atoms with Gasteiger partial charge in [-0.15, -0.1) is 0 Å². The van der Waals surface area contributed by atoms with Crippen molar-refractivity contribution in [3.05, 3.63) is 76.9 Å². The molecule has 4 rings (SSSR count). The number of aromatic amines is 2. The second-order valence-electron chi connectivity index (χ2n) is 9.57. The van der Waals surface area contributed by atoms with Gasteiger partial charge in [0.25, 0.3) is 0 Å². The van der Waals surface area contributed by atoms with Crippen LogP contribution in [0.25, 0.3) is 38.8 Å². The number of carbonyl (C=O) groups excluding carboxylic acids is 1. The zero-order valence-corrected chi connectivity index (χ0v) is 21.7. The van der Waals surface area contributed by atoms with Gasteiger partial charge in [-0.25, -0.2) is 4.98 Å². The highest BCUT2D eigenvalue weighted by Crippen LogP contribution is 2.33. The molecule has 0 spiro atoms. The monoisotopic (exact) mass is 496 g/mol. The number of carboxylic acid groups (broad SMARTS) is 1. The zero-order chi connectivity index (χ0) is 26.7. The lowest BCUT2D eigenvalue weighted by atomic mass is 10.0. The lowest BCUT2D eigenvalue weighted by molar-refractivity contribution is -0.136. The standard InChI is InChI=1S/C30H32N4O3/c1-17(2)25-16-27-19(4)12-22(33-27)14-26-18(3)11-23(32-26)15-28-20(5)24(8-9-30(36)37)29(34-28)13-21(31-25)7-6-10-35/h10-16,32-33H,1,6-9H2,2-5H3,(H,36,37). The fourth-order valence-corrected chi connectivity index (χ4v) is 4.46. The van der Waals surface area contributed by atoms with E-state index in [4.69, 9.17) is 9.97 Å². The molecule has 3 N–H and O–H groups in total. The number of aldehydes is 1. The number of hydrogen-bond acceptors (Lipinski definition) is 4. The highest BCUT2D eigenvalue weighted by atomic mass is 16.4. The van der Waals surface area contributed by atoms with Crippen LogP contribution < -0.4 is 0 Å². The number of rotatable bonds is 7. The topological polar surface area (TPSA) is 112 Å². The molecule has 0 aliphatic carbocycles. The minimum Gasteiger partial charge on any atom is -0.481 e. The van der Waals surface area contributed by atoms with Crippen LogP contribution in [0.3, 0.4) is 0 Å². The number of fused-ring (bicyclic) bond motifs is 6. The van der Waals surface area contributed by atoms with Gasteiger partial charge >= 0.3 is 5.97 Å². The van der Waals surface area contributed by atoms with E-state index < -0.39 is 5.97 Å².